The van der Waals surface area contributed by atoms with Crippen LogP contribution in [0.2, 0.25) is 0 Å². The third-order valence-corrected chi connectivity index (χ3v) is 3.75. The van der Waals surface area contributed by atoms with Crippen molar-refractivity contribution >= 4 is 5.91 Å². The van der Waals surface area contributed by atoms with Gasteiger partial charge >= 0.3 is 0 Å². The van der Waals surface area contributed by atoms with Crippen molar-refractivity contribution in [3.8, 4) is 0 Å². The highest BCUT2D eigenvalue weighted by Crippen LogP contribution is 2.09. The molecule has 5 nitrogen and oxygen atoms in total. The van der Waals surface area contributed by atoms with E-state index in [9.17, 15) is 4.79 Å². The van der Waals surface area contributed by atoms with Crippen molar-refractivity contribution in [1.82, 2.24) is 20.3 Å². The second-order valence-corrected chi connectivity index (χ2v) is 6.49. The van der Waals surface area contributed by atoms with E-state index < -0.39 is 0 Å². The predicted molar refractivity (Wildman–Crippen MR) is 91.2 cm³/mol. The number of rotatable bonds is 8. The van der Waals surface area contributed by atoms with Crippen molar-refractivity contribution in [2.45, 2.75) is 52.6 Å². The van der Waals surface area contributed by atoms with E-state index in [0.717, 1.165) is 18.4 Å². The standard InChI is InChI=1S/C18H26N4O/c1-14(2)8-7-9-15(3)19-18(23)17-13-22(21-20-17)12-16-10-5-4-6-11-16/h4-6,10-11,13-15H,7-9,12H2,1-3H3,(H,19,23). The molecular weight excluding hydrogens is 288 g/mol. The lowest BCUT2D eigenvalue weighted by molar-refractivity contribution is 0.0932. The molecule has 0 aliphatic rings. The van der Waals surface area contributed by atoms with Gasteiger partial charge < -0.3 is 5.32 Å². The van der Waals surface area contributed by atoms with Gasteiger partial charge in [0.25, 0.3) is 5.91 Å². The molecule has 1 amide bonds. The topological polar surface area (TPSA) is 59.8 Å². The maximum absolute atomic E-state index is 12.2. The Morgan fingerprint density at radius 3 is 2.61 bits per heavy atom. The number of hydrogen-bond donors (Lipinski definition) is 1. The van der Waals surface area contributed by atoms with Gasteiger partial charge in [-0.2, -0.15) is 0 Å². The van der Waals surface area contributed by atoms with E-state index in [2.05, 4.69) is 29.5 Å². The summed E-state index contributed by atoms with van der Waals surface area (Å²) in [6, 6.07) is 10.2. The van der Waals surface area contributed by atoms with Gasteiger partial charge in [0.05, 0.1) is 12.7 Å². The van der Waals surface area contributed by atoms with Gasteiger partial charge in [0.15, 0.2) is 5.69 Å². The Morgan fingerprint density at radius 2 is 1.91 bits per heavy atom. The number of benzene rings is 1. The van der Waals surface area contributed by atoms with Crippen LogP contribution < -0.4 is 5.32 Å². The molecule has 0 saturated heterocycles. The zero-order chi connectivity index (χ0) is 16.7. The number of nitrogens with one attached hydrogen (secondary N) is 1. The molecule has 124 valence electrons. The minimum absolute atomic E-state index is 0.152. The summed E-state index contributed by atoms with van der Waals surface area (Å²) >= 11 is 0. The second kappa shape index (κ2) is 8.46. The Hall–Kier alpha value is -2.17. The fourth-order valence-corrected chi connectivity index (χ4v) is 2.45. The minimum Gasteiger partial charge on any atom is -0.348 e. The van der Waals surface area contributed by atoms with E-state index in [1.807, 2.05) is 37.3 Å². The minimum atomic E-state index is -0.152. The van der Waals surface area contributed by atoms with Crippen molar-refractivity contribution in [2.75, 3.05) is 0 Å². The molecule has 0 aliphatic carbocycles. The van der Waals surface area contributed by atoms with E-state index in [4.69, 9.17) is 0 Å². The van der Waals surface area contributed by atoms with Crippen LogP contribution in [0.5, 0.6) is 0 Å². The van der Waals surface area contributed by atoms with Crippen molar-refractivity contribution in [3.63, 3.8) is 0 Å². The predicted octanol–water partition coefficient (Wildman–Crippen LogP) is 3.27. The molecule has 0 fully saturated rings. The first-order valence-electron chi connectivity index (χ1n) is 8.29. The second-order valence-electron chi connectivity index (χ2n) is 6.49. The SMILES string of the molecule is CC(C)CCCC(C)NC(=O)c1cn(Cc2ccccc2)nn1. The van der Waals surface area contributed by atoms with E-state index >= 15 is 0 Å². The van der Waals surface area contributed by atoms with Gasteiger partial charge in [-0.15, -0.1) is 5.10 Å². The average Bonchev–Trinajstić information content (AvgIpc) is 2.96. The molecule has 1 atom stereocenters. The molecule has 1 heterocycles. The molecule has 1 unspecified atom stereocenters. The van der Waals surface area contributed by atoms with Crippen LogP contribution in [0.1, 0.15) is 56.1 Å². The average molecular weight is 314 g/mol. The zero-order valence-electron chi connectivity index (χ0n) is 14.2. The van der Waals surface area contributed by atoms with Gasteiger partial charge in [0.1, 0.15) is 0 Å². The molecule has 0 aliphatic heterocycles. The highest BCUT2D eigenvalue weighted by atomic mass is 16.2. The molecule has 23 heavy (non-hydrogen) atoms. The highest BCUT2D eigenvalue weighted by molar-refractivity contribution is 5.92. The summed E-state index contributed by atoms with van der Waals surface area (Å²) in [7, 11) is 0. The molecule has 1 aromatic heterocycles. The van der Waals surface area contributed by atoms with Crippen LogP contribution >= 0.6 is 0 Å². The van der Waals surface area contributed by atoms with E-state index in [1.54, 1.807) is 10.9 Å². The number of carbonyl (C=O) groups excluding carboxylic acids is 1. The molecule has 0 saturated carbocycles. The Morgan fingerprint density at radius 1 is 1.17 bits per heavy atom. The lowest BCUT2D eigenvalue weighted by Crippen LogP contribution is -2.32. The van der Waals surface area contributed by atoms with Crippen molar-refractivity contribution in [3.05, 3.63) is 47.8 Å². The Bertz CT molecular complexity index is 606. The number of aromatic nitrogens is 3. The fourth-order valence-electron chi connectivity index (χ4n) is 2.45. The number of amides is 1. The quantitative estimate of drug-likeness (QED) is 0.813. The van der Waals surface area contributed by atoms with Crippen LogP contribution in [-0.2, 0) is 6.54 Å². The van der Waals surface area contributed by atoms with Crippen LogP contribution in [0, 0.1) is 5.92 Å². The molecule has 1 aromatic carbocycles. The van der Waals surface area contributed by atoms with Gasteiger partial charge in [-0.05, 0) is 24.8 Å². The summed E-state index contributed by atoms with van der Waals surface area (Å²) in [6.45, 7) is 7.08. The van der Waals surface area contributed by atoms with Gasteiger partial charge in [-0.25, -0.2) is 4.68 Å². The Balaban J connectivity index is 1.83. The van der Waals surface area contributed by atoms with Crippen molar-refractivity contribution < 1.29 is 4.79 Å². The highest BCUT2D eigenvalue weighted by Gasteiger charge is 2.13. The smallest absolute Gasteiger partial charge is 0.273 e. The molecule has 2 rings (SSSR count). The summed E-state index contributed by atoms with van der Waals surface area (Å²) in [5, 5.41) is 11.0. The van der Waals surface area contributed by atoms with Crippen LogP contribution in [0.25, 0.3) is 0 Å². The van der Waals surface area contributed by atoms with Gasteiger partial charge in [-0.1, -0.05) is 62.2 Å². The van der Waals surface area contributed by atoms with Crippen LogP contribution in [-0.4, -0.2) is 26.9 Å². The zero-order valence-corrected chi connectivity index (χ0v) is 14.2. The van der Waals surface area contributed by atoms with Gasteiger partial charge in [0.2, 0.25) is 0 Å². The summed E-state index contributed by atoms with van der Waals surface area (Å²) in [4.78, 5) is 12.2. The Labute approximate surface area is 138 Å². The summed E-state index contributed by atoms with van der Waals surface area (Å²) in [6.07, 6.45) is 5.00. The van der Waals surface area contributed by atoms with E-state index in [-0.39, 0.29) is 11.9 Å². The lowest BCUT2D eigenvalue weighted by Gasteiger charge is -2.13. The molecule has 5 heteroatoms. The molecule has 0 radical (unpaired) electrons. The van der Waals surface area contributed by atoms with Crippen LogP contribution in [0.4, 0.5) is 0 Å². The van der Waals surface area contributed by atoms with Crippen molar-refractivity contribution in [1.29, 1.82) is 0 Å². The first kappa shape index (κ1) is 17.2. The fraction of sp³-hybridized carbons (Fsp3) is 0.500. The van der Waals surface area contributed by atoms with Crippen molar-refractivity contribution in [2.24, 2.45) is 5.92 Å². The first-order valence-corrected chi connectivity index (χ1v) is 8.29. The molecule has 2 aromatic rings. The number of nitrogens with zero attached hydrogens (tertiary/aromatic N) is 3. The monoisotopic (exact) mass is 314 g/mol. The van der Waals surface area contributed by atoms with Crippen LogP contribution in [0.3, 0.4) is 0 Å². The summed E-state index contributed by atoms with van der Waals surface area (Å²) in [5.74, 6) is 0.553. The summed E-state index contributed by atoms with van der Waals surface area (Å²) in [5.41, 5.74) is 1.50. The first-order chi connectivity index (χ1) is 11.0. The summed E-state index contributed by atoms with van der Waals surface area (Å²) < 4.78 is 1.69. The van der Waals surface area contributed by atoms with E-state index in [1.165, 1.54) is 6.42 Å². The maximum atomic E-state index is 12.2. The molecule has 1 N–H and O–H groups in total. The molecular formula is C18H26N4O. The largest absolute Gasteiger partial charge is 0.348 e. The third-order valence-electron chi connectivity index (χ3n) is 3.75. The maximum Gasteiger partial charge on any atom is 0.273 e. The normalized spacial score (nSPS) is 12.3. The third kappa shape index (κ3) is 5.85. The van der Waals surface area contributed by atoms with E-state index in [0.29, 0.717) is 18.2 Å². The Kier molecular flexibility index (Phi) is 6.32. The van der Waals surface area contributed by atoms with Crippen LogP contribution in [0.15, 0.2) is 36.5 Å². The number of carbonyl (C=O) groups is 1. The lowest BCUT2D eigenvalue weighted by atomic mass is 10.0. The molecule has 0 bridgehead atoms. The van der Waals surface area contributed by atoms with Gasteiger partial charge in [0, 0.05) is 6.04 Å². The van der Waals surface area contributed by atoms with Gasteiger partial charge in [-0.3, -0.25) is 4.79 Å². The number of hydrogen-bond acceptors (Lipinski definition) is 3. The molecule has 0 spiro atoms.